The molecule has 1 N–H and O–H groups in total. The van der Waals surface area contributed by atoms with E-state index in [4.69, 9.17) is 4.74 Å². The maximum Gasteiger partial charge on any atom is 0.0826 e. The molecule has 1 heterocycles. The Morgan fingerprint density at radius 1 is 1.28 bits per heavy atom. The molecule has 0 aromatic carbocycles. The van der Waals surface area contributed by atoms with Crippen LogP contribution in [-0.4, -0.2) is 49.8 Å². The lowest BCUT2D eigenvalue weighted by Crippen LogP contribution is -2.47. The lowest BCUT2D eigenvalue weighted by molar-refractivity contribution is -0.0262. The van der Waals surface area contributed by atoms with Gasteiger partial charge >= 0.3 is 0 Å². The van der Waals surface area contributed by atoms with E-state index in [0.29, 0.717) is 12.1 Å². The lowest BCUT2D eigenvalue weighted by Gasteiger charge is -2.32. The van der Waals surface area contributed by atoms with Gasteiger partial charge in [0, 0.05) is 25.7 Å². The SMILES string of the molecule is CCCCCCC(C)NCC1CN(CC)CCO1. The number of morpholine rings is 1. The predicted octanol–water partition coefficient (Wildman–Crippen LogP) is 2.66. The number of rotatable bonds is 9. The smallest absolute Gasteiger partial charge is 0.0826 e. The average molecular weight is 256 g/mol. The van der Waals surface area contributed by atoms with Gasteiger partial charge in [-0.3, -0.25) is 4.90 Å². The molecule has 0 spiro atoms. The molecule has 1 aliphatic heterocycles. The quantitative estimate of drug-likeness (QED) is 0.642. The van der Waals surface area contributed by atoms with Gasteiger partial charge in [0.15, 0.2) is 0 Å². The molecule has 1 rings (SSSR count). The van der Waals surface area contributed by atoms with E-state index in [-0.39, 0.29) is 0 Å². The Kier molecular flexibility index (Phi) is 8.64. The summed E-state index contributed by atoms with van der Waals surface area (Å²) < 4.78 is 5.80. The molecule has 1 saturated heterocycles. The van der Waals surface area contributed by atoms with Crippen molar-refractivity contribution in [2.45, 2.75) is 65.0 Å². The fourth-order valence-electron chi connectivity index (χ4n) is 2.50. The van der Waals surface area contributed by atoms with Gasteiger partial charge in [0.05, 0.1) is 12.7 Å². The second-order valence-corrected chi connectivity index (χ2v) is 5.54. The first-order chi connectivity index (χ1) is 8.76. The monoisotopic (exact) mass is 256 g/mol. The van der Waals surface area contributed by atoms with Gasteiger partial charge in [0.25, 0.3) is 0 Å². The van der Waals surface area contributed by atoms with Crippen LogP contribution in [0.4, 0.5) is 0 Å². The van der Waals surface area contributed by atoms with E-state index in [2.05, 4.69) is 31.0 Å². The number of nitrogens with one attached hydrogen (secondary N) is 1. The number of hydrogen-bond acceptors (Lipinski definition) is 3. The Balaban J connectivity index is 2.04. The molecule has 2 atom stereocenters. The van der Waals surface area contributed by atoms with Crippen LogP contribution in [0.15, 0.2) is 0 Å². The summed E-state index contributed by atoms with van der Waals surface area (Å²) in [5.74, 6) is 0. The third kappa shape index (κ3) is 6.72. The summed E-state index contributed by atoms with van der Waals surface area (Å²) in [4.78, 5) is 2.47. The molecular weight excluding hydrogens is 224 g/mol. The molecule has 0 amide bonds. The van der Waals surface area contributed by atoms with Crippen molar-refractivity contribution in [2.75, 3.05) is 32.8 Å². The molecule has 0 bridgehead atoms. The van der Waals surface area contributed by atoms with Crippen molar-refractivity contribution in [3.8, 4) is 0 Å². The van der Waals surface area contributed by atoms with E-state index in [9.17, 15) is 0 Å². The molecule has 0 saturated carbocycles. The molecule has 18 heavy (non-hydrogen) atoms. The van der Waals surface area contributed by atoms with E-state index in [1.54, 1.807) is 0 Å². The van der Waals surface area contributed by atoms with Crippen LogP contribution in [0.2, 0.25) is 0 Å². The topological polar surface area (TPSA) is 24.5 Å². The third-order valence-corrected chi connectivity index (χ3v) is 3.85. The van der Waals surface area contributed by atoms with E-state index >= 15 is 0 Å². The molecule has 2 unspecified atom stereocenters. The number of likely N-dealkylation sites (N-methyl/N-ethyl adjacent to an activating group) is 1. The molecule has 3 heteroatoms. The first kappa shape index (κ1) is 15.9. The zero-order valence-corrected chi connectivity index (χ0v) is 12.6. The molecule has 0 aromatic heterocycles. The highest BCUT2D eigenvalue weighted by Gasteiger charge is 2.19. The minimum Gasteiger partial charge on any atom is -0.374 e. The Labute approximate surface area is 113 Å². The fraction of sp³-hybridized carbons (Fsp3) is 1.00. The van der Waals surface area contributed by atoms with Gasteiger partial charge in [-0.05, 0) is 19.9 Å². The van der Waals surface area contributed by atoms with Gasteiger partial charge < -0.3 is 10.1 Å². The van der Waals surface area contributed by atoms with Crippen molar-refractivity contribution >= 4 is 0 Å². The summed E-state index contributed by atoms with van der Waals surface area (Å²) in [6.07, 6.45) is 7.12. The van der Waals surface area contributed by atoms with Gasteiger partial charge in [0.1, 0.15) is 0 Å². The molecule has 0 radical (unpaired) electrons. The zero-order valence-electron chi connectivity index (χ0n) is 12.6. The number of ether oxygens (including phenoxy) is 1. The molecule has 108 valence electrons. The molecule has 1 fully saturated rings. The van der Waals surface area contributed by atoms with Crippen LogP contribution in [0.1, 0.15) is 52.9 Å². The van der Waals surface area contributed by atoms with E-state index in [1.165, 1.54) is 32.1 Å². The van der Waals surface area contributed by atoms with Gasteiger partial charge in [-0.25, -0.2) is 0 Å². The Morgan fingerprint density at radius 3 is 2.83 bits per heavy atom. The van der Waals surface area contributed by atoms with Gasteiger partial charge in [-0.2, -0.15) is 0 Å². The maximum atomic E-state index is 5.80. The fourth-order valence-corrected chi connectivity index (χ4v) is 2.50. The van der Waals surface area contributed by atoms with Gasteiger partial charge in [-0.1, -0.05) is 39.5 Å². The Hall–Kier alpha value is -0.120. The van der Waals surface area contributed by atoms with Crippen molar-refractivity contribution in [1.82, 2.24) is 10.2 Å². The number of nitrogens with zero attached hydrogens (tertiary/aromatic N) is 1. The van der Waals surface area contributed by atoms with Crippen LogP contribution in [-0.2, 0) is 4.74 Å². The highest BCUT2D eigenvalue weighted by molar-refractivity contribution is 4.74. The molecule has 3 nitrogen and oxygen atoms in total. The Bertz CT molecular complexity index is 199. The van der Waals surface area contributed by atoms with Crippen LogP contribution >= 0.6 is 0 Å². The summed E-state index contributed by atoms with van der Waals surface area (Å²) in [6, 6.07) is 0.627. The normalized spacial score (nSPS) is 23.2. The highest BCUT2D eigenvalue weighted by atomic mass is 16.5. The van der Waals surface area contributed by atoms with Crippen LogP contribution in [0.3, 0.4) is 0 Å². The van der Waals surface area contributed by atoms with E-state index < -0.39 is 0 Å². The third-order valence-electron chi connectivity index (χ3n) is 3.85. The summed E-state index contributed by atoms with van der Waals surface area (Å²) in [5.41, 5.74) is 0. The van der Waals surface area contributed by atoms with E-state index in [0.717, 1.165) is 32.8 Å². The van der Waals surface area contributed by atoms with Gasteiger partial charge in [0.2, 0.25) is 0 Å². The molecular formula is C15H32N2O. The molecule has 1 aliphatic rings. The summed E-state index contributed by atoms with van der Waals surface area (Å²) >= 11 is 0. The largest absolute Gasteiger partial charge is 0.374 e. The first-order valence-corrected chi connectivity index (χ1v) is 7.83. The van der Waals surface area contributed by atoms with Crippen molar-refractivity contribution < 1.29 is 4.74 Å². The minimum absolute atomic E-state index is 0.386. The summed E-state index contributed by atoms with van der Waals surface area (Å²) in [5, 5.41) is 3.62. The standard InChI is InChI=1S/C15H32N2O/c1-4-6-7-8-9-14(3)16-12-15-13-17(5-2)10-11-18-15/h14-16H,4-13H2,1-3H3. The summed E-state index contributed by atoms with van der Waals surface area (Å²) in [6.45, 7) is 12.0. The van der Waals surface area contributed by atoms with Crippen LogP contribution in [0.25, 0.3) is 0 Å². The first-order valence-electron chi connectivity index (χ1n) is 7.83. The summed E-state index contributed by atoms with van der Waals surface area (Å²) in [7, 11) is 0. The van der Waals surface area contributed by atoms with Crippen molar-refractivity contribution in [3.63, 3.8) is 0 Å². The van der Waals surface area contributed by atoms with Crippen LogP contribution in [0, 0.1) is 0 Å². The van der Waals surface area contributed by atoms with E-state index in [1.807, 2.05) is 0 Å². The second-order valence-electron chi connectivity index (χ2n) is 5.54. The predicted molar refractivity (Wildman–Crippen MR) is 78.1 cm³/mol. The van der Waals surface area contributed by atoms with Crippen molar-refractivity contribution in [3.05, 3.63) is 0 Å². The van der Waals surface area contributed by atoms with Crippen LogP contribution < -0.4 is 5.32 Å². The maximum absolute atomic E-state index is 5.80. The van der Waals surface area contributed by atoms with Crippen molar-refractivity contribution in [2.24, 2.45) is 0 Å². The van der Waals surface area contributed by atoms with Crippen LogP contribution in [0.5, 0.6) is 0 Å². The molecule has 0 aliphatic carbocycles. The molecule has 0 aromatic rings. The number of hydrogen-bond donors (Lipinski definition) is 1. The number of unbranched alkanes of at least 4 members (excludes halogenated alkanes) is 3. The van der Waals surface area contributed by atoms with Gasteiger partial charge in [-0.15, -0.1) is 0 Å². The zero-order chi connectivity index (χ0) is 13.2. The average Bonchev–Trinajstić information content (AvgIpc) is 2.41. The minimum atomic E-state index is 0.386. The Morgan fingerprint density at radius 2 is 2.11 bits per heavy atom. The highest BCUT2D eigenvalue weighted by Crippen LogP contribution is 2.07. The van der Waals surface area contributed by atoms with Crippen molar-refractivity contribution in [1.29, 1.82) is 0 Å². The second kappa shape index (κ2) is 9.76. The lowest BCUT2D eigenvalue weighted by atomic mass is 10.1.